The third kappa shape index (κ3) is 4.86. The van der Waals surface area contributed by atoms with Crippen LogP contribution < -0.4 is 5.32 Å². The highest BCUT2D eigenvalue weighted by Gasteiger charge is 2.15. The molecule has 4 nitrogen and oxygen atoms in total. The second-order valence-electron chi connectivity index (χ2n) is 7.20. The van der Waals surface area contributed by atoms with Crippen LogP contribution in [0, 0.1) is 0 Å². The maximum absolute atomic E-state index is 12.5. The van der Waals surface area contributed by atoms with E-state index >= 15 is 0 Å². The lowest BCUT2D eigenvalue weighted by Gasteiger charge is -2.07. The van der Waals surface area contributed by atoms with E-state index in [0.717, 1.165) is 46.8 Å². The van der Waals surface area contributed by atoms with Gasteiger partial charge in [0, 0.05) is 41.2 Å². The lowest BCUT2D eigenvalue weighted by molar-refractivity contribution is 0.0957. The minimum absolute atomic E-state index is 0.0772. The molecular formula is C22H25N3OS2. The summed E-state index contributed by atoms with van der Waals surface area (Å²) in [4.78, 5) is 23.6. The number of thiophene rings is 1. The molecule has 0 aromatic carbocycles. The Bertz CT molecular complexity index is 892. The van der Waals surface area contributed by atoms with E-state index in [2.05, 4.69) is 21.7 Å². The zero-order chi connectivity index (χ0) is 19.2. The molecule has 4 rings (SSSR count). The monoisotopic (exact) mass is 411 g/mol. The summed E-state index contributed by atoms with van der Waals surface area (Å²) >= 11 is 3.37. The van der Waals surface area contributed by atoms with Crippen molar-refractivity contribution in [1.82, 2.24) is 15.3 Å². The predicted molar refractivity (Wildman–Crippen MR) is 116 cm³/mol. The summed E-state index contributed by atoms with van der Waals surface area (Å²) in [5.74, 6) is 0.0772. The molecule has 6 heteroatoms. The van der Waals surface area contributed by atoms with Crippen LogP contribution >= 0.6 is 22.7 Å². The summed E-state index contributed by atoms with van der Waals surface area (Å²) < 4.78 is 0. The van der Waals surface area contributed by atoms with Gasteiger partial charge in [0.1, 0.15) is 0 Å². The van der Waals surface area contributed by atoms with Crippen LogP contribution in [0.1, 0.15) is 57.2 Å². The number of carbonyl (C=O) groups excluding carboxylic acids is 1. The number of aromatic nitrogens is 2. The Morgan fingerprint density at radius 3 is 2.79 bits per heavy atom. The van der Waals surface area contributed by atoms with Gasteiger partial charge >= 0.3 is 0 Å². The summed E-state index contributed by atoms with van der Waals surface area (Å²) in [5.41, 5.74) is 3.50. The fourth-order valence-electron chi connectivity index (χ4n) is 3.57. The highest BCUT2D eigenvalue weighted by molar-refractivity contribution is 7.14. The Labute approximate surface area is 174 Å². The van der Waals surface area contributed by atoms with E-state index in [4.69, 9.17) is 4.98 Å². The second kappa shape index (κ2) is 9.43. The zero-order valence-electron chi connectivity index (χ0n) is 15.9. The van der Waals surface area contributed by atoms with Gasteiger partial charge in [0.05, 0.1) is 15.6 Å². The molecule has 0 radical (unpaired) electrons. The highest BCUT2D eigenvalue weighted by atomic mass is 32.1. The van der Waals surface area contributed by atoms with E-state index in [1.165, 1.54) is 36.1 Å². The van der Waals surface area contributed by atoms with Gasteiger partial charge in [0.2, 0.25) is 0 Å². The van der Waals surface area contributed by atoms with Gasteiger partial charge in [0.15, 0.2) is 0 Å². The largest absolute Gasteiger partial charge is 0.351 e. The van der Waals surface area contributed by atoms with Crippen molar-refractivity contribution in [2.24, 2.45) is 0 Å². The molecular weight excluding hydrogens is 386 g/mol. The molecule has 3 aromatic rings. The van der Waals surface area contributed by atoms with Gasteiger partial charge in [-0.25, -0.2) is 4.98 Å². The first-order valence-corrected chi connectivity index (χ1v) is 11.7. The lowest BCUT2D eigenvalue weighted by Crippen LogP contribution is -2.23. The Morgan fingerprint density at radius 2 is 1.93 bits per heavy atom. The first-order valence-electron chi connectivity index (χ1n) is 10.0. The predicted octanol–water partition coefficient (Wildman–Crippen LogP) is 5.29. The van der Waals surface area contributed by atoms with E-state index in [1.54, 1.807) is 35.1 Å². The van der Waals surface area contributed by atoms with Crippen molar-refractivity contribution < 1.29 is 4.79 Å². The number of fused-ring (bicyclic) bond motifs is 1. The van der Waals surface area contributed by atoms with Crippen LogP contribution in [0.2, 0.25) is 0 Å². The standard InChI is InChI=1S/C22H25N3OS2/c26-22(20-14-17-6-3-1-2-4-7-19(17)28-20)24-11-5-8-21-25-18(15-27-21)16-9-12-23-13-10-16/h9-10,12-15H,1-8,11H2,(H,24,26). The average molecular weight is 412 g/mol. The summed E-state index contributed by atoms with van der Waals surface area (Å²) in [6, 6.07) is 6.08. The maximum atomic E-state index is 12.5. The van der Waals surface area contributed by atoms with Crippen molar-refractivity contribution in [2.45, 2.75) is 51.4 Å². The van der Waals surface area contributed by atoms with Crippen LogP contribution in [-0.4, -0.2) is 22.4 Å². The molecule has 0 aliphatic heterocycles. The normalized spacial score (nSPS) is 14.1. The first kappa shape index (κ1) is 19.3. The molecule has 0 unspecified atom stereocenters. The van der Waals surface area contributed by atoms with Crippen LogP contribution in [-0.2, 0) is 19.3 Å². The molecule has 1 aliphatic carbocycles. The number of hydrogen-bond donors (Lipinski definition) is 1. The molecule has 0 spiro atoms. The third-order valence-electron chi connectivity index (χ3n) is 5.10. The van der Waals surface area contributed by atoms with Crippen molar-refractivity contribution in [1.29, 1.82) is 0 Å². The van der Waals surface area contributed by atoms with Crippen molar-refractivity contribution in [2.75, 3.05) is 6.54 Å². The van der Waals surface area contributed by atoms with Crippen LogP contribution in [0.25, 0.3) is 11.3 Å². The third-order valence-corrected chi connectivity index (χ3v) is 7.25. The van der Waals surface area contributed by atoms with Gasteiger partial charge in [-0.05, 0) is 55.9 Å². The van der Waals surface area contributed by atoms with Crippen LogP contribution in [0.5, 0.6) is 0 Å². The van der Waals surface area contributed by atoms with E-state index in [9.17, 15) is 4.79 Å². The molecule has 1 N–H and O–H groups in total. The SMILES string of the molecule is O=C(NCCCc1nc(-c2ccncc2)cs1)c1cc2c(s1)CCCCCC2. The van der Waals surface area contributed by atoms with Crippen LogP contribution in [0.15, 0.2) is 36.0 Å². The summed E-state index contributed by atoms with van der Waals surface area (Å²) in [6.45, 7) is 0.686. The molecule has 0 saturated heterocycles. The Balaban J connectivity index is 1.26. The van der Waals surface area contributed by atoms with E-state index < -0.39 is 0 Å². The van der Waals surface area contributed by atoms with Gasteiger partial charge in [-0.3, -0.25) is 9.78 Å². The minimum Gasteiger partial charge on any atom is -0.351 e. The lowest BCUT2D eigenvalue weighted by atomic mass is 10.00. The van der Waals surface area contributed by atoms with Gasteiger partial charge in [-0.1, -0.05) is 12.8 Å². The first-order chi connectivity index (χ1) is 13.8. The number of hydrogen-bond acceptors (Lipinski definition) is 5. The fraction of sp³-hybridized carbons (Fsp3) is 0.409. The van der Waals surface area contributed by atoms with Crippen molar-refractivity contribution in [3.8, 4) is 11.3 Å². The van der Waals surface area contributed by atoms with Crippen LogP contribution in [0.4, 0.5) is 0 Å². The van der Waals surface area contributed by atoms with Gasteiger partial charge in [0.25, 0.3) is 5.91 Å². The number of pyridine rings is 1. The number of thiazole rings is 1. The van der Waals surface area contributed by atoms with Gasteiger partial charge in [-0.2, -0.15) is 0 Å². The highest BCUT2D eigenvalue weighted by Crippen LogP contribution is 2.28. The average Bonchev–Trinajstić information content (AvgIpc) is 3.33. The second-order valence-corrected chi connectivity index (χ2v) is 9.27. The fourth-order valence-corrected chi connectivity index (χ4v) is 5.59. The Kier molecular flexibility index (Phi) is 6.49. The van der Waals surface area contributed by atoms with E-state index in [1.807, 2.05) is 12.1 Å². The number of carbonyl (C=O) groups is 1. The molecule has 0 atom stereocenters. The summed E-state index contributed by atoms with van der Waals surface area (Å²) in [7, 11) is 0. The Morgan fingerprint density at radius 1 is 1.11 bits per heavy atom. The molecule has 28 heavy (non-hydrogen) atoms. The topological polar surface area (TPSA) is 54.9 Å². The number of nitrogens with one attached hydrogen (secondary N) is 1. The Hall–Kier alpha value is -2.05. The maximum Gasteiger partial charge on any atom is 0.261 e. The molecule has 146 valence electrons. The van der Waals surface area contributed by atoms with Gasteiger partial charge < -0.3 is 5.32 Å². The smallest absolute Gasteiger partial charge is 0.261 e. The van der Waals surface area contributed by atoms with E-state index in [-0.39, 0.29) is 5.91 Å². The molecule has 3 aromatic heterocycles. The van der Waals surface area contributed by atoms with Crippen LogP contribution in [0.3, 0.4) is 0 Å². The molecule has 0 bridgehead atoms. The van der Waals surface area contributed by atoms with Crippen molar-refractivity contribution in [3.05, 3.63) is 56.3 Å². The summed E-state index contributed by atoms with van der Waals surface area (Å²) in [6.07, 6.45) is 12.8. The van der Waals surface area contributed by atoms with E-state index in [0.29, 0.717) is 6.54 Å². The van der Waals surface area contributed by atoms with Crippen molar-refractivity contribution in [3.63, 3.8) is 0 Å². The molecule has 3 heterocycles. The molecule has 0 fully saturated rings. The van der Waals surface area contributed by atoms with Crippen molar-refractivity contribution >= 4 is 28.6 Å². The summed E-state index contributed by atoms with van der Waals surface area (Å²) in [5, 5.41) is 6.29. The number of aryl methyl sites for hydroxylation is 3. The molecule has 1 aliphatic rings. The number of rotatable bonds is 6. The number of nitrogens with zero attached hydrogens (tertiary/aromatic N) is 2. The number of amides is 1. The van der Waals surface area contributed by atoms with Gasteiger partial charge in [-0.15, -0.1) is 22.7 Å². The molecule has 1 amide bonds. The minimum atomic E-state index is 0.0772. The zero-order valence-corrected chi connectivity index (χ0v) is 17.6. The quantitative estimate of drug-likeness (QED) is 0.561. The molecule has 0 saturated carbocycles.